The number of sulfonamides is 1. The van der Waals surface area contributed by atoms with Crippen LogP contribution < -0.4 is 4.72 Å². The SMILES string of the molecule is CC1OCCC1CNS(=O)(=O)c1cccc(Br)c1. The minimum atomic E-state index is -3.43. The van der Waals surface area contributed by atoms with E-state index in [2.05, 4.69) is 20.7 Å². The van der Waals surface area contributed by atoms with E-state index in [1.54, 1.807) is 24.3 Å². The first kappa shape index (κ1) is 14.0. The molecule has 1 N–H and O–H groups in total. The average molecular weight is 334 g/mol. The summed E-state index contributed by atoms with van der Waals surface area (Å²) in [6.45, 7) is 3.12. The predicted octanol–water partition coefficient (Wildman–Crippen LogP) is 2.15. The molecule has 1 aromatic carbocycles. The lowest BCUT2D eigenvalue weighted by molar-refractivity contribution is 0.107. The predicted molar refractivity (Wildman–Crippen MR) is 72.9 cm³/mol. The van der Waals surface area contributed by atoms with E-state index in [1.807, 2.05) is 6.92 Å². The third-order valence-corrected chi connectivity index (χ3v) is 5.09. The largest absolute Gasteiger partial charge is 0.378 e. The maximum atomic E-state index is 12.1. The highest BCUT2D eigenvalue weighted by Crippen LogP contribution is 2.21. The Balaban J connectivity index is 2.03. The highest BCUT2D eigenvalue weighted by molar-refractivity contribution is 9.10. The molecule has 18 heavy (non-hydrogen) atoms. The molecule has 1 saturated heterocycles. The molecule has 2 atom stereocenters. The van der Waals surface area contributed by atoms with Gasteiger partial charge in [0.05, 0.1) is 11.0 Å². The topological polar surface area (TPSA) is 55.4 Å². The number of benzene rings is 1. The van der Waals surface area contributed by atoms with Crippen molar-refractivity contribution in [3.8, 4) is 0 Å². The molecule has 100 valence electrons. The number of ether oxygens (including phenoxy) is 1. The molecule has 0 bridgehead atoms. The summed E-state index contributed by atoms with van der Waals surface area (Å²) < 4.78 is 33.0. The molecular formula is C12H16BrNO3S. The molecule has 0 radical (unpaired) electrons. The molecule has 6 heteroatoms. The third-order valence-electron chi connectivity index (χ3n) is 3.18. The van der Waals surface area contributed by atoms with Gasteiger partial charge in [-0.25, -0.2) is 13.1 Å². The Bertz CT molecular complexity index is 518. The summed E-state index contributed by atoms with van der Waals surface area (Å²) in [6.07, 6.45) is 1.03. The summed E-state index contributed by atoms with van der Waals surface area (Å²) in [5, 5.41) is 0. The van der Waals surface area contributed by atoms with Gasteiger partial charge in [0, 0.05) is 23.5 Å². The van der Waals surface area contributed by atoms with Crippen molar-refractivity contribution in [3.05, 3.63) is 28.7 Å². The number of nitrogens with one attached hydrogen (secondary N) is 1. The summed E-state index contributed by atoms with van der Waals surface area (Å²) in [5.74, 6) is 0.256. The Labute approximate surface area is 116 Å². The molecule has 0 aliphatic carbocycles. The van der Waals surface area contributed by atoms with E-state index < -0.39 is 10.0 Å². The minimum absolute atomic E-state index is 0.121. The first-order valence-corrected chi connectivity index (χ1v) is 8.13. The Morgan fingerprint density at radius 1 is 1.50 bits per heavy atom. The van der Waals surface area contributed by atoms with Crippen LogP contribution in [0, 0.1) is 5.92 Å². The van der Waals surface area contributed by atoms with Crippen molar-refractivity contribution in [3.63, 3.8) is 0 Å². The lowest BCUT2D eigenvalue weighted by Gasteiger charge is -2.15. The van der Waals surface area contributed by atoms with Crippen LogP contribution in [0.15, 0.2) is 33.6 Å². The molecule has 0 amide bonds. The molecule has 2 rings (SSSR count). The van der Waals surface area contributed by atoms with E-state index in [-0.39, 0.29) is 16.9 Å². The van der Waals surface area contributed by atoms with Crippen molar-refractivity contribution in [1.29, 1.82) is 0 Å². The molecule has 0 aromatic heterocycles. The summed E-state index contributed by atoms with van der Waals surface area (Å²) in [5.41, 5.74) is 0. The van der Waals surface area contributed by atoms with Gasteiger partial charge in [-0.2, -0.15) is 0 Å². The van der Waals surface area contributed by atoms with E-state index in [9.17, 15) is 8.42 Å². The van der Waals surface area contributed by atoms with Gasteiger partial charge in [0.25, 0.3) is 0 Å². The molecule has 1 fully saturated rings. The van der Waals surface area contributed by atoms with Crippen LogP contribution >= 0.6 is 15.9 Å². The van der Waals surface area contributed by atoms with Gasteiger partial charge in [-0.1, -0.05) is 22.0 Å². The molecule has 4 nitrogen and oxygen atoms in total. The second kappa shape index (κ2) is 5.69. The van der Waals surface area contributed by atoms with E-state index in [0.717, 1.165) is 10.9 Å². The quantitative estimate of drug-likeness (QED) is 0.918. The van der Waals surface area contributed by atoms with E-state index in [0.29, 0.717) is 13.2 Å². The van der Waals surface area contributed by atoms with Gasteiger partial charge in [0.1, 0.15) is 0 Å². The Morgan fingerprint density at radius 3 is 2.89 bits per heavy atom. The van der Waals surface area contributed by atoms with Crippen LogP contribution in [0.1, 0.15) is 13.3 Å². The monoisotopic (exact) mass is 333 g/mol. The lowest BCUT2D eigenvalue weighted by atomic mass is 10.0. The van der Waals surface area contributed by atoms with Crippen molar-refractivity contribution < 1.29 is 13.2 Å². The van der Waals surface area contributed by atoms with Crippen LogP contribution in [0.2, 0.25) is 0 Å². The van der Waals surface area contributed by atoms with Crippen molar-refractivity contribution in [1.82, 2.24) is 4.72 Å². The molecule has 0 spiro atoms. The zero-order chi connectivity index (χ0) is 13.2. The standard InChI is InChI=1S/C12H16BrNO3S/c1-9-10(5-6-17-9)8-14-18(15,16)12-4-2-3-11(13)7-12/h2-4,7,9-10,14H,5-6,8H2,1H3. The maximum Gasteiger partial charge on any atom is 0.240 e. The fourth-order valence-corrected chi connectivity index (χ4v) is 3.67. The molecule has 1 heterocycles. The summed E-state index contributed by atoms with van der Waals surface area (Å²) in [7, 11) is -3.43. The number of rotatable bonds is 4. The molecule has 0 saturated carbocycles. The average Bonchev–Trinajstić information content (AvgIpc) is 2.72. The third kappa shape index (κ3) is 3.32. The first-order chi connectivity index (χ1) is 8.49. The number of halogens is 1. The van der Waals surface area contributed by atoms with Crippen LogP contribution in [0.25, 0.3) is 0 Å². The zero-order valence-electron chi connectivity index (χ0n) is 10.1. The smallest absolute Gasteiger partial charge is 0.240 e. The molecule has 1 aliphatic rings. The second-order valence-corrected chi connectivity index (χ2v) is 7.12. The summed E-state index contributed by atoms with van der Waals surface area (Å²) in [4.78, 5) is 0.281. The Kier molecular flexibility index (Phi) is 4.42. The van der Waals surface area contributed by atoms with Crippen LogP contribution in [0.5, 0.6) is 0 Å². The normalized spacial score (nSPS) is 24.3. The number of hydrogen-bond acceptors (Lipinski definition) is 3. The van der Waals surface area contributed by atoms with Crippen LogP contribution in [0.3, 0.4) is 0 Å². The van der Waals surface area contributed by atoms with Crippen molar-refractivity contribution >= 4 is 26.0 Å². The van der Waals surface area contributed by atoms with Crippen molar-refractivity contribution in [2.45, 2.75) is 24.3 Å². The first-order valence-electron chi connectivity index (χ1n) is 5.86. The molecule has 1 aromatic rings. The molecular weight excluding hydrogens is 318 g/mol. The Morgan fingerprint density at radius 2 is 2.28 bits per heavy atom. The highest BCUT2D eigenvalue weighted by Gasteiger charge is 2.26. The number of hydrogen-bond donors (Lipinski definition) is 1. The van der Waals surface area contributed by atoms with Gasteiger partial charge in [0.2, 0.25) is 10.0 Å². The van der Waals surface area contributed by atoms with Gasteiger partial charge < -0.3 is 4.74 Å². The second-order valence-electron chi connectivity index (χ2n) is 4.43. The van der Waals surface area contributed by atoms with Crippen LogP contribution in [-0.4, -0.2) is 27.7 Å². The van der Waals surface area contributed by atoms with Gasteiger partial charge in [-0.05, 0) is 31.5 Å². The fourth-order valence-electron chi connectivity index (χ4n) is 1.98. The maximum absolute atomic E-state index is 12.1. The zero-order valence-corrected chi connectivity index (χ0v) is 12.5. The minimum Gasteiger partial charge on any atom is -0.378 e. The van der Waals surface area contributed by atoms with Crippen molar-refractivity contribution in [2.24, 2.45) is 5.92 Å². The van der Waals surface area contributed by atoms with E-state index in [4.69, 9.17) is 4.74 Å². The van der Waals surface area contributed by atoms with Crippen LogP contribution in [0.4, 0.5) is 0 Å². The van der Waals surface area contributed by atoms with Gasteiger partial charge in [-0.3, -0.25) is 0 Å². The lowest BCUT2D eigenvalue weighted by Crippen LogP contribution is -2.32. The summed E-state index contributed by atoms with van der Waals surface area (Å²) >= 11 is 3.27. The van der Waals surface area contributed by atoms with Gasteiger partial charge in [0.15, 0.2) is 0 Å². The van der Waals surface area contributed by atoms with Crippen molar-refractivity contribution in [2.75, 3.05) is 13.2 Å². The van der Waals surface area contributed by atoms with Crippen LogP contribution in [-0.2, 0) is 14.8 Å². The Hall–Kier alpha value is -0.430. The fraction of sp³-hybridized carbons (Fsp3) is 0.500. The molecule has 2 unspecified atom stereocenters. The van der Waals surface area contributed by atoms with E-state index in [1.165, 1.54) is 0 Å². The molecule has 1 aliphatic heterocycles. The highest BCUT2D eigenvalue weighted by atomic mass is 79.9. The van der Waals surface area contributed by atoms with Gasteiger partial charge >= 0.3 is 0 Å². The van der Waals surface area contributed by atoms with E-state index >= 15 is 0 Å². The van der Waals surface area contributed by atoms with Gasteiger partial charge in [-0.15, -0.1) is 0 Å². The summed E-state index contributed by atoms with van der Waals surface area (Å²) in [6, 6.07) is 6.68.